The number of rotatable bonds is 3. The quantitative estimate of drug-likeness (QED) is 0.702. The molecule has 1 atom stereocenters. The molecular formula is C10H13NS. The summed E-state index contributed by atoms with van der Waals surface area (Å²) in [6.45, 7) is 2.12. The summed E-state index contributed by atoms with van der Waals surface area (Å²) in [5.74, 6) is 2.68. The lowest BCUT2D eigenvalue weighted by Gasteiger charge is -2.12. The van der Waals surface area contributed by atoms with Gasteiger partial charge in [0.2, 0.25) is 0 Å². The molecule has 0 radical (unpaired) electrons. The highest BCUT2D eigenvalue weighted by Gasteiger charge is 2.10. The topological polar surface area (TPSA) is 12.0 Å². The molecule has 1 rings (SSSR count). The van der Waals surface area contributed by atoms with Crippen LogP contribution in [0.1, 0.15) is 23.6 Å². The molecule has 0 aliphatic rings. The predicted octanol–water partition coefficient (Wildman–Crippen LogP) is 2.34. The van der Waals surface area contributed by atoms with Gasteiger partial charge in [0.25, 0.3) is 0 Å². The van der Waals surface area contributed by atoms with Gasteiger partial charge in [0.1, 0.15) is 0 Å². The van der Waals surface area contributed by atoms with E-state index in [2.05, 4.69) is 28.9 Å². The molecule has 0 spiro atoms. The second-order valence-corrected chi connectivity index (χ2v) is 3.50. The maximum Gasteiger partial charge on any atom is 0.0439 e. The molecule has 1 N–H and O–H groups in total. The second kappa shape index (κ2) is 4.30. The maximum absolute atomic E-state index is 5.27. The molecule has 0 aliphatic heterocycles. The van der Waals surface area contributed by atoms with E-state index in [1.807, 2.05) is 7.05 Å². The van der Waals surface area contributed by atoms with Crippen LogP contribution in [0.25, 0.3) is 0 Å². The highest BCUT2D eigenvalue weighted by Crippen LogP contribution is 2.23. The van der Waals surface area contributed by atoms with Gasteiger partial charge < -0.3 is 5.32 Å². The maximum atomic E-state index is 5.27. The standard InChI is InChI=1S/C10H13NS/c1-4-5-10(11-3)9-7-12-6-8(9)2/h1,6-7,10-11H,5H2,2-3H3. The molecule has 0 aliphatic carbocycles. The zero-order chi connectivity index (χ0) is 8.97. The molecule has 0 fully saturated rings. The van der Waals surface area contributed by atoms with Crippen LogP contribution in [-0.2, 0) is 0 Å². The van der Waals surface area contributed by atoms with Crippen molar-refractivity contribution in [1.29, 1.82) is 0 Å². The number of terminal acetylenes is 1. The van der Waals surface area contributed by atoms with Gasteiger partial charge in [-0.15, -0.1) is 12.3 Å². The van der Waals surface area contributed by atoms with E-state index in [1.54, 1.807) is 11.3 Å². The summed E-state index contributed by atoms with van der Waals surface area (Å²) < 4.78 is 0. The minimum Gasteiger partial charge on any atom is -0.312 e. The summed E-state index contributed by atoms with van der Waals surface area (Å²) in [6, 6.07) is 0.321. The van der Waals surface area contributed by atoms with Gasteiger partial charge in [-0.3, -0.25) is 0 Å². The van der Waals surface area contributed by atoms with E-state index in [0.717, 1.165) is 6.42 Å². The van der Waals surface area contributed by atoms with Crippen molar-refractivity contribution in [1.82, 2.24) is 5.32 Å². The SMILES string of the molecule is C#CCC(NC)c1cscc1C. The minimum absolute atomic E-state index is 0.321. The Morgan fingerprint density at radius 2 is 2.42 bits per heavy atom. The Hall–Kier alpha value is -0.780. The van der Waals surface area contributed by atoms with Crippen molar-refractivity contribution in [2.45, 2.75) is 19.4 Å². The van der Waals surface area contributed by atoms with E-state index in [0.29, 0.717) is 6.04 Å². The summed E-state index contributed by atoms with van der Waals surface area (Å²) >= 11 is 1.73. The molecule has 2 heteroatoms. The molecule has 1 aromatic heterocycles. The van der Waals surface area contributed by atoms with Crippen LogP contribution in [-0.4, -0.2) is 7.05 Å². The summed E-state index contributed by atoms with van der Waals surface area (Å²) in [4.78, 5) is 0. The van der Waals surface area contributed by atoms with Gasteiger partial charge in [0.05, 0.1) is 0 Å². The molecule has 0 saturated carbocycles. The smallest absolute Gasteiger partial charge is 0.0439 e. The van der Waals surface area contributed by atoms with Crippen LogP contribution in [0.15, 0.2) is 10.8 Å². The van der Waals surface area contributed by atoms with Crippen molar-refractivity contribution in [3.05, 3.63) is 21.9 Å². The van der Waals surface area contributed by atoms with Crippen molar-refractivity contribution in [3.63, 3.8) is 0 Å². The van der Waals surface area contributed by atoms with Gasteiger partial charge in [-0.05, 0) is 35.9 Å². The Morgan fingerprint density at radius 3 is 2.83 bits per heavy atom. The van der Waals surface area contributed by atoms with E-state index < -0.39 is 0 Å². The van der Waals surface area contributed by atoms with Gasteiger partial charge in [-0.1, -0.05) is 0 Å². The van der Waals surface area contributed by atoms with Crippen LogP contribution in [0.3, 0.4) is 0 Å². The minimum atomic E-state index is 0.321. The molecule has 1 unspecified atom stereocenters. The summed E-state index contributed by atoms with van der Waals surface area (Å²) in [5, 5.41) is 7.52. The average Bonchev–Trinajstić information content (AvgIpc) is 2.47. The Labute approximate surface area is 77.8 Å². The lowest BCUT2D eigenvalue weighted by molar-refractivity contribution is 0.610. The third-order valence-electron chi connectivity index (χ3n) is 1.94. The second-order valence-electron chi connectivity index (χ2n) is 2.76. The lowest BCUT2D eigenvalue weighted by atomic mass is 10.0. The molecule has 12 heavy (non-hydrogen) atoms. The number of thiophene rings is 1. The number of hydrogen-bond acceptors (Lipinski definition) is 2. The molecule has 0 saturated heterocycles. The van der Waals surface area contributed by atoms with Gasteiger partial charge in [-0.2, -0.15) is 11.3 Å². The number of aryl methyl sites for hydroxylation is 1. The van der Waals surface area contributed by atoms with Crippen LogP contribution in [0, 0.1) is 19.3 Å². The molecule has 0 amide bonds. The first-order chi connectivity index (χ1) is 5.79. The summed E-state index contributed by atoms with van der Waals surface area (Å²) in [6.07, 6.45) is 6.03. The fourth-order valence-corrected chi connectivity index (χ4v) is 2.12. The number of hydrogen-bond donors (Lipinski definition) is 1. The monoisotopic (exact) mass is 179 g/mol. The lowest BCUT2D eigenvalue weighted by Crippen LogP contribution is -2.15. The van der Waals surface area contributed by atoms with Gasteiger partial charge in [-0.25, -0.2) is 0 Å². The van der Waals surface area contributed by atoms with Crippen LogP contribution in [0.4, 0.5) is 0 Å². The van der Waals surface area contributed by atoms with Gasteiger partial charge in [0, 0.05) is 12.5 Å². The van der Waals surface area contributed by atoms with Crippen molar-refractivity contribution in [3.8, 4) is 12.3 Å². The van der Waals surface area contributed by atoms with Crippen molar-refractivity contribution in [2.24, 2.45) is 0 Å². The fraction of sp³-hybridized carbons (Fsp3) is 0.400. The average molecular weight is 179 g/mol. The zero-order valence-corrected chi connectivity index (χ0v) is 8.24. The van der Waals surface area contributed by atoms with E-state index in [-0.39, 0.29) is 0 Å². The Balaban J connectivity index is 2.81. The molecule has 0 bridgehead atoms. The van der Waals surface area contributed by atoms with Crippen LogP contribution >= 0.6 is 11.3 Å². The van der Waals surface area contributed by atoms with E-state index >= 15 is 0 Å². The highest BCUT2D eigenvalue weighted by molar-refractivity contribution is 7.08. The first kappa shape index (κ1) is 9.31. The third-order valence-corrected chi connectivity index (χ3v) is 2.82. The molecule has 0 aromatic carbocycles. The zero-order valence-electron chi connectivity index (χ0n) is 7.42. The predicted molar refractivity (Wildman–Crippen MR) is 54.3 cm³/mol. The van der Waals surface area contributed by atoms with Crippen molar-refractivity contribution >= 4 is 11.3 Å². The van der Waals surface area contributed by atoms with E-state index in [4.69, 9.17) is 6.42 Å². The molecular weight excluding hydrogens is 166 g/mol. The van der Waals surface area contributed by atoms with Crippen molar-refractivity contribution < 1.29 is 0 Å². The van der Waals surface area contributed by atoms with Crippen LogP contribution in [0.2, 0.25) is 0 Å². The van der Waals surface area contributed by atoms with Crippen LogP contribution < -0.4 is 5.32 Å². The third kappa shape index (κ3) is 1.88. The van der Waals surface area contributed by atoms with E-state index in [9.17, 15) is 0 Å². The van der Waals surface area contributed by atoms with Gasteiger partial charge >= 0.3 is 0 Å². The van der Waals surface area contributed by atoms with Crippen LogP contribution in [0.5, 0.6) is 0 Å². The van der Waals surface area contributed by atoms with E-state index in [1.165, 1.54) is 11.1 Å². The van der Waals surface area contributed by atoms with Crippen molar-refractivity contribution in [2.75, 3.05) is 7.05 Å². The summed E-state index contributed by atoms with van der Waals surface area (Å²) in [5.41, 5.74) is 2.66. The highest BCUT2D eigenvalue weighted by atomic mass is 32.1. The molecule has 1 nitrogen and oxygen atoms in total. The summed E-state index contributed by atoms with van der Waals surface area (Å²) in [7, 11) is 1.94. The number of nitrogens with one attached hydrogen (secondary N) is 1. The largest absolute Gasteiger partial charge is 0.312 e. The molecule has 1 heterocycles. The molecule has 64 valence electrons. The Kier molecular flexibility index (Phi) is 3.33. The first-order valence-corrected chi connectivity index (χ1v) is 4.87. The van der Waals surface area contributed by atoms with Gasteiger partial charge in [0.15, 0.2) is 0 Å². The Bertz CT molecular complexity index is 282. The first-order valence-electron chi connectivity index (χ1n) is 3.93. The normalized spacial score (nSPS) is 12.4. The molecule has 1 aromatic rings. The fourth-order valence-electron chi connectivity index (χ4n) is 1.21. The Morgan fingerprint density at radius 1 is 1.67 bits per heavy atom.